The molecule has 0 bridgehead atoms. The van der Waals surface area contributed by atoms with Crippen LogP contribution in [0.3, 0.4) is 0 Å². The molecule has 0 amide bonds. The van der Waals surface area contributed by atoms with Crippen molar-refractivity contribution in [1.82, 2.24) is 0 Å². The van der Waals surface area contributed by atoms with Gasteiger partial charge in [-0.1, -0.05) is 115 Å². The minimum atomic E-state index is 0.941. The zero-order valence-electron chi connectivity index (χ0n) is 17.5. The maximum absolute atomic E-state index is 5.08. The van der Waals surface area contributed by atoms with Crippen molar-refractivity contribution in [2.24, 2.45) is 0 Å². The van der Waals surface area contributed by atoms with Crippen LogP contribution in [0.15, 0.2) is 12.7 Å². The fraction of sp³-hybridized carbons (Fsp3) is 0.917. The van der Waals surface area contributed by atoms with E-state index in [1.54, 1.807) is 7.11 Å². The van der Waals surface area contributed by atoms with Crippen molar-refractivity contribution in [1.29, 1.82) is 0 Å². The van der Waals surface area contributed by atoms with E-state index in [0.717, 1.165) is 6.61 Å². The van der Waals surface area contributed by atoms with Crippen molar-refractivity contribution in [3.05, 3.63) is 12.7 Å². The quantitative estimate of drug-likeness (QED) is 0.140. The van der Waals surface area contributed by atoms with Crippen LogP contribution in [0.2, 0.25) is 0 Å². The molecule has 25 heavy (non-hydrogen) atoms. The molecular weight excluding hydrogens is 304 g/mol. The lowest BCUT2D eigenvalue weighted by molar-refractivity contribution is 0.192. The van der Waals surface area contributed by atoms with E-state index in [0.29, 0.717) is 0 Å². The van der Waals surface area contributed by atoms with Crippen LogP contribution in [0.4, 0.5) is 0 Å². The highest BCUT2D eigenvalue weighted by atomic mass is 16.5. The molecule has 0 aromatic rings. The SMILES string of the molecule is C=CCCCCCCCCCCCCCCCCCCCCCOC. The topological polar surface area (TPSA) is 9.23 Å². The molecule has 0 N–H and O–H groups in total. The van der Waals surface area contributed by atoms with Gasteiger partial charge < -0.3 is 4.74 Å². The Balaban J connectivity index is 2.95. The standard InChI is InChI=1S/C24H48O/c1-3-4-5-6-7-8-9-10-11-12-13-14-15-16-17-18-19-20-21-22-23-24-25-2/h3H,1,4-24H2,2H3. The molecule has 0 unspecified atom stereocenters. The maximum atomic E-state index is 5.08. The van der Waals surface area contributed by atoms with E-state index < -0.39 is 0 Å². The Labute approximate surface area is 160 Å². The molecule has 0 spiro atoms. The Hall–Kier alpha value is -0.300. The van der Waals surface area contributed by atoms with Crippen molar-refractivity contribution in [2.45, 2.75) is 128 Å². The van der Waals surface area contributed by atoms with Crippen molar-refractivity contribution < 1.29 is 4.74 Å². The van der Waals surface area contributed by atoms with Crippen LogP contribution < -0.4 is 0 Å². The predicted octanol–water partition coefficient (Wildman–Crippen LogP) is 8.62. The zero-order valence-corrected chi connectivity index (χ0v) is 17.5. The van der Waals surface area contributed by atoms with Crippen molar-refractivity contribution in [3.8, 4) is 0 Å². The number of methoxy groups -OCH3 is 1. The monoisotopic (exact) mass is 352 g/mol. The third-order valence-electron chi connectivity index (χ3n) is 5.26. The third kappa shape index (κ3) is 23.7. The van der Waals surface area contributed by atoms with Gasteiger partial charge in [0, 0.05) is 13.7 Å². The molecule has 0 aromatic heterocycles. The number of unbranched alkanes of at least 4 members (excludes halogenated alkanes) is 19. The molecule has 0 aromatic carbocycles. The van der Waals surface area contributed by atoms with E-state index in [9.17, 15) is 0 Å². The Morgan fingerprint density at radius 2 is 0.760 bits per heavy atom. The summed E-state index contributed by atoms with van der Waals surface area (Å²) < 4.78 is 5.08. The molecular formula is C24H48O. The van der Waals surface area contributed by atoms with Gasteiger partial charge in [-0.25, -0.2) is 0 Å². The van der Waals surface area contributed by atoms with E-state index in [2.05, 4.69) is 6.58 Å². The average molecular weight is 353 g/mol. The lowest BCUT2D eigenvalue weighted by atomic mass is 10.0. The molecule has 0 aliphatic heterocycles. The zero-order chi connectivity index (χ0) is 18.3. The molecule has 0 aliphatic carbocycles. The fourth-order valence-corrected chi connectivity index (χ4v) is 3.54. The molecule has 0 radical (unpaired) electrons. The number of hydrogen-bond donors (Lipinski definition) is 0. The molecule has 1 heteroatoms. The molecule has 0 saturated heterocycles. The van der Waals surface area contributed by atoms with Gasteiger partial charge >= 0.3 is 0 Å². The Bertz CT molecular complexity index is 236. The fourth-order valence-electron chi connectivity index (χ4n) is 3.54. The number of hydrogen-bond acceptors (Lipinski definition) is 1. The van der Waals surface area contributed by atoms with Gasteiger partial charge in [0.25, 0.3) is 0 Å². The first kappa shape index (κ1) is 24.7. The van der Waals surface area contributed by atoms with Crippen molar-refractivity contribution in [3.63, 3.8) is 0 Å². The number of rotatable bonds is 22. The van der Waals surface area contributed by atoms with Crippen LogP contribution >= 0.6 is 0 Å². The summed E-state index contributed by atoms with van der Waals surface area (Å²) in [6.07, 6.45) is 30.4. The van der Waals surface area contributed by atoms with Crippen LogP contribution in [0, 0.1) is 0 Å². The van der Waals surface area contributed by atoms with Gasteiger partial charge in [0.15, 0.2) is 0 Å². The van der Waals surface area contributed by atoms with Crippen LogP contribution in [-0.2, 0) is 4.74 Å². The highest BCUT2D eigenvalue weighted by Gasteiger charge is 1.95. The summed E-state index contributed by atoms with van der Waals surface area (Å²) in [7, 11) is 1.80. The molecule has 0 heterocycles. The molecule has 0 saturated carbocycles. The van der Waals surface area contributed by atoms with Crippen LogP contribution in [0.1, 0.15) is 128 Å². The summed E-state index contributed by atoms with van der Waals surface area (Å²) >= 11 is 0. The molecule has 0 fully saturated rings. The van der Waals surface area contributed by atoms with Crippen molar-refractivity contribution >= 4 is 0 Å². The lowest BCUT2D eigenvalue weighted by Gasteiger charge is -2.04. The summed E-state index contributed by atoms with van der Waals surface area (Å²) in [5, 5.41) is 0. The average Bonchev–Trinajstić information content (AvgIpc) is 2.63. The Kier molecular flexibility index (Phi) is 23.4. The summed E-state index contributed by atoms with van der Waals surface area (Å²) in [4.78, 5) is 0. The minimum Gasteiger partial charge on any atom is -0.385 e. The first-order valence-corrected chi connectivity index (χ1v) is 11.5. The highest BCUT2D eigenvalue weighted by Crippen LogP contribution is 2.14. The van der Waals surface area contributed by atoms with Crippen molar-refractivity contribution in [2.75, 3.05) is 13.7 Å². The molecule has 150 valence electrons. The first-order valence-electron chi connectivity index (χ1n) is 11.5. The second-order valence-corrected chi connectivity index (χ2v) is 7.79. The van der Waals surface area contributed by atoms with Gasteiger partial charge in [-0.15, -0.1) is 6.58 Å². The van der Waals surface area contributed by atoms with Crippen LogP contribution in [0.5, 0.6) is 0 Å². The van der Waals surface area contributed by atoms with E-state index in [1.807, 2.05) is 6.08 Å². The highest BCUT2D eigenvalue weighted by molar-refractivity contribution is 4.65. The van der Waals surface area contributed by atoms with Gasteiger partial charge in [-0.2, -0.15) is 0 Å². The number of ether oxygens (including phenoxy) is 1. The first-order chi connectivity index (χ1) is 12.4. The number of allylic oxidation sites excluding steroid dienone is 1. The third-order valence-corrected chi connectivity index (χ3v) is 5.26. The summed E-state index contributed by atoms with van der Waals surface area (Å²) in [6, 6.07) is 0. The second kappa shape index (κ2) is 23.7. The summed E-state index contributed by atoms with van der Waals surface area (Å²) in [6.45, 7) is 4.72. The second-order valence-electron chi connectivity index (χ2n) is 7.79. The summed E-state index contributed by atoms with van der Waals surface area (Å²) in [5.41, 5.74) is 0. The van der Waals surface area contributed by atoms with Gasteiger partial charge in [0.1, 0.15) is 0 Å². The Morgan fingerprint density at radius 3 is 1.04 bits per heavy atom. The molecule has 0 rings (SSSR count). The van der Waals surface area contributed by atoms with E-state index >= 15 is 0 Å². The lowest BCUT2D eigenvalue weighted by Crippen LogP contribution is -1.88. The van der Waals surface area contributed by atoms with Crippen LogP contribution in [0.25, 0.3) is 0 Å². The minimum absolute atomic E-state index is 0.941. The van der Waals surface area contributed by atoms with Gasteiger partial charge in [-0.3, -0.25) is 0 Å². The molecule has 1 nitrogen and oxygen atoms in total. The largest absolute Gasteiger partial charge is 0.385 e. The van der Waals surface area contributed by atoms with Gasteiger partial charge in [-0.05, 0) is 19.3 Å². The van der Waals surface area contributed by atoms with E-state index in [-0.39, 0.29) is 0 Å². The van der Waals surface area contributed by atoms with Crippen LogP contribution in [-0.4, -0.2) is 13.7 Å². The molecule has 0 atom stereocenters. The predicted molar refractivity (Wildman–Crippen MR) is 114 cm³/mol. The van der Waals surface area contributed by atoms with Gasteiger partial charge in [0.05, 0.1) is 0 Å². The van der Waals surface area contributed by atoms with E-state index in [4.69, 9.17) is 4.74 Å². The molecule has 0 aliphatic rings. The van der Waals surface area contributed by atoms with Gasteiger partial charge in [0.2, 0.25) is 0 Å². The Morgan fingerprint density at radius 1 is 0.480 bits per heavy atom. The smallest absolute Gasteiger partial charge is 0.0462 e. The summed E-state index contributed by atoms with van der Waals surface area (Å²) in [5.74, 6) is 0. The normalized spacial score (nSPS) is 11.1. The van der Waals surface area contributed by atoms with E-state index in [1.165, 1.54) is 128 Å². The maximum Gasteiger partial charge on any atom is 0.0462 e.